The molecule has 210 valence electrons. The zero-order chi connectivity index (χ0) is 25.7. The summed E-state index contributed by atoms with van der Waals surface area (Å²) < 4.78 is 0. The molecule has 0 fully saturated rings. The fourth-order valence-corrected chi connectivity index (χ4v) is 5.47. The molecule has 1 atom stereocenters. The van der Waals surface area contributed by atoms with Gasteiger partial charge in [-0.2, -0.15) is 0 Å². The van der Waals surface area contributed by atoms with E-state index in [0.29, 0.717) is 6.42 Å². The minimum atomic E-state index is -0.648. The van der Waals surface area contributed by atoms with Gasteiger partial charge in [-0.05, 0) is 12.3 Å². The lowest BCUT2D eigenvalue weighted by Crippen LogP contribution is -1.93. The van der Waals surface area contributed by atoms with E-state index in [1.807, 2.05) is 0 Å². The van der Waals surface area contributed by atoms with E-state index in [2.05, 4.69) is 13.8 Å². The van der Waals surface area contributed by atoms with E-state index in [-0.39, 0.29) is 0 Å². The third-order valence-electron chi connectivity index (χ3n) is 7.87. The summed E-state index contributed by atoms with van der Waals surface area (Å²) in [6, 6.07) is 0. The van der Waals surface area contributed by atoms with Gasteiger partial charge in [0.05, 0.1) is 0 Å². The van der Waals surface area contributed by atoms with Crippen molar-refractivity contribution < 1.29 is 9.90 Å². The highest BCUT2D eigenvalue weighted by Crippen LogP contribution is 2.18. The van der Waals surface area contributed by atoms with E-state index >= 15 is 0 Å². The number of unbranched alkanes of at least 4 members (excludes halogenated alkanes) is 24. The average molecular weight is 495 g/mol. The molecule has 2 heteroatoms. The van der Waals surface area contributed by atoms with Gasteiger partial charge < -0.3 is 5.11 Å². The minimum absolute atomic E-state index is 0.346. The number of rotatable bonds is 30. The van der Waals surface area contributed by atoms with Crippen molar-refractivity contribution in [3.05, 3.63) is 0 Å². The van der Waals surface area contributed by atoms with E-state index in [9.17, 15) is 4.79 Å². The predicted octanol–water partition coefficient (Wildman–Crippen LogP) is 12.0. The van der Waals surface area contributed by atoms with Crippen LogP contribution in [0.1, 0.15) is 200 Å². The van der Waals surface area contributed by atoms with Crippen molar-refractivity contribution in [2.45, 2.75) is 200 Å². The van der Waals surface area contributed by atoms with Crippen LogP contribution >= 0.6 is 0 Å². The van der Waals surface area contributed by atoms with E-state index in [1.165, 1.54) is 167 Å². The second-order valence-corrected chi connectivity index (χ2v) is 11.7. The van der Waals surface area contributed by atoms with Gasteiger partial charge in [-0.25, -0.2) is 0 Å². The van der Waals surface area contributed by atoms with Crippen molar-refractivity contribution in [2.24, 2.45) is 5.92 Å². The van der Waals surface area contributed by atoms with Crippen LogP contribution in [-0.2, 0) is 4.79 Å². The first-order valence-electron chi connectivity index (χ1n) is 16.4. The van der Waals surface area contributed by atoms with Crippen LogP contribution in [0.15, 0.2) is 0 Å². The molecule has 0 spiro atoms. The summed E-state index contributed by atoms with van der Waals surface area (Å²) in [5, 5.41) is 8.62. The molecule has 0 radical (unpaired) electrons. The third kappa shape index (κ3) is 31.4. The van der Waals surface area contributed by atoms with Crippen LogP contribution in [0.25, 0.3) is 0 Å². The molecule has 0 bridgehead atoms. The average Bonchev–Trinajstić information content (AvgIpc) is 2.83. The Morgan fingerprint density at radius 3 is 0.971 bits per heavy atom. The summed E-state index contributed by atoms with van der Waals surface area (Å²) >= 11 is 0. The van der Waals surface area contributed by atoms with E-state index in [0.717, 1.165) is 18.8 Å². The molecule has 1 N–H and O–H groups in total. The number of carboxylic acids is 1. The molecule has 0 amide bonds. The second kappa shape index (κ2) is 29.7. The van der Waals surface area contributed by atoms with E-state index in [4.69, 9.17) is 5.11 Å². The maximum Gasteiger partial charge on any atom is 0.303 e. The van der Waals surface area contributed by atoms with Gasteiger partial charge in [0.1, 0.15) is 0 Å². The number of carboxylic acid groups (broad SMARTS) is 1. The van der Waals surface area contributed by atoms with Crippen LogP contribution in [-0.4, -0.2) is 11.1 Å². The molecule has 2 nitrogen and oxygen atoms in total. The quantitative estimate of drug-likeness (QED) is 0.101. The van der Waals surface area contributed by atoms with E-state index in [1.54, 1.807) is 0 Å². The van der Waals surface area contributed by atoms with E-state index < -0.39 is 5.97 Å². The Morgan fingerprint density at radius 2 is 0.714 bits per heavy atom. The summed E-state index contributed by atoms with van der Waals surface area (Å²) in [6.45, 7) is 4.73. The Kier molecular flexibility index (Phi) is 29.2. The summed E-state index contributed by atoms with van der Waals surface area (Å²) in [5.74, 6) is 0.303. The summed E-state index contributed by atoms with van der Waals surface area (Å²) in [5.41, 5.74) is 0. The van der Waals surface area contributed by atoms with Crippen molar-refractivity contribution in [1.29, 1.82) is 0 Å². The Morgan fingerprint density at radius 1 is 0.457 bits per heavy atom. The van der Waals surface area contributed by atoms with Gasteiger partial charge in [0.25, 0.3) is 0 Å². The van der Waals surface area contributed by atoms with Crippen molar-refractivity contribution in [3.63, 3.8) is 0 Å². The van der Waals surface area contributed by atoms with Gasteiger partial charge in [0.2, 0.25) is 0 Å². The van der Waals surface area contributed by atoms with Crippen LogP contribution in [0, 0.1) is 5.92 Å². The monoisotopic (exact) mass is 495 g/mol. The SMILES string of the molecule is CCCC(C)CCCCCCCCCCCCCCCCCCCCCCCCCCCC(=O)O. The lowest BCUT2D eigenvalue weighted by atomic mass is 9.98. The summed E-state index contributed by atoms with van der Waals surface area (Å²) in [6.07, 6.45) is 39.4. The molecule has 0 aromatic heterocycles. The standard InChI is InChI=1S/C33H66O2/c1-3-29-32(2)30-27-25-23-21-19-17-15-13-11-9-7-5-4-6-8-10-12-14-16-18-20-22-24-26-28-31-33(34)35/h32H,3-31H2,1-2H3,(H,34,35). The summed E-state index contributed by atoms with van der Waals surface area (Å²) in [4.78, 5) is 10.5. The van der Waals surface area contributed by atoms with Crippen LogP contribution in [0.4, 0.5) is 0 Å². The Labute approximate surface area is 221 Å². The summed E-state index contributed by atoms with van der Waals surface area (Å²) in [7, 11) is 0. The van der Waals surface area contributed by atoms with Crippen molar-refractivity contribution >= 4 is 5.97 Å². The van der Waals surface area contributed by atoms with Crippen LogP contribution < -0.4 is 0 Å². The Bertz CT molecular complexity index is 406. The number of hydrogen-bond donors (Lipinski definition) is 1. The smallest absolute Gasteiger partial charge is 0.303 e. The lowest BCUT2D eigenvalue weighted by Gasteiger charge is -2.09. The molecule has 0 aromatic carbocycles. The Balaban J connectivity index is 3.05. The molecule has 35 heavy (non-hydrogen) atoms. The molecule has 0 aliphatic carbocycles. The van der Waals surface area contributed by atoms with Crippen molar-refractivity contribution in [2.75, 3.05) is 0 Å². The number of aliphatic carboxylic acids is 1. The molecule has 0 aromatic rings. The molecule has 0 saturated carbocycles. The first-order valence-corrected chi connectivity index (χ1v) is 16.4. The molecular weight excluding hydrogens is 428 g/mol. The molecule has 0 rings (SSSR count). The molecule has 0 saturated heterocycles. The van der Waals surface area contributed by atoms with Crippen LogP contribution in [0.5, 0.6) is 0 Å². The topological polar surface area (TPSA) is 37.3 Å². The van der Waals surface area contributed by atoms with Crippen LogP contribution in [0.3, 0.4) is 0 Å². The zero-order valence-corrected chi connectivity index (χ0v) is 24.4. The van der Waals surface area contributed by atoms with Gasteiger partial charge in [-0.1, -0.05) is 187 Å². The lowest BCUT2D eigenvalue weighted by molar-refractivity contribution is -0.137. The maximum absolute atomic E-state index is 10.5. The van der Waals surface area contributed by atoms with Gasteiger partial charge in [-0.3, -0.25) is 4.79 Å². The molecule has 0 aliphatic heterocycles. The largest absolute Gasteiger partial charge is 0.481 e. The highest BCUT2D eigenvalue weighted by Gasteiger charge is 2.00. The first-order chi connectivity index (χ1) is 17.2. The van der Waals surface area contributed by atoms with Gasteiger partial charge in [0.15, 0.2) is 0 Å². The number of carbonyl (C=O) groups is 1. The second-order valence-electron chi connectivity index (χ2n) is 11.7. The molecular formula is C33H66O2. The van der Waals surface area contributed by atoms with Crippen molar-refractivity contribution in [3.8, 4) is 0 Å². The first kappa shape index (κ1) is 34.5. The van der Waals surface area contributed by atoms with Gasteiger partial charge >= 0.3 is 5.97 Å². The van der Waals surface area contributed by atoms with Crippen LogP contribution in [0.2, 0.25) is 0 Å². The highest BCUT2D eigenvalue weighted by atomic mass is 16.4. The molecule has 0 heterocycles. The maximum atomic E-state index is 10.5. The number of hydrogen-bond acceptors (Lipinski definition) is 1. The Hall–Kier alpha value is -0.530. The molecule has 0 aliphatic rings. The zero-order valence-electron chi connectivity index (χ0n) is 24.4. The minimum Gasteiger partial charge on any atom is -0.481 e. The fraction of sp³-hybridized carbons (Fsp3) is 0.970. The van der Waals surface area contributed by atoms with Gasteiger partial charge in [0, 0.05) is 6.42 Å². The predicted molar refractivity (Wildman–Crippen MR) is 156 cm³/mol. The highest BCUT2D eigenvalue weighted by molar-refractivity contribution is 5.66. The normalized spacial score (nSPS) is 12.3. The fourth-order valence-electron chi connectivity index (χ4n) is 5.47. The van der Waals surface area contributed by atoms with Gasteiger partial charge in [-0.15, -0.1) is 0 Å². The van der Waals surface area contributed by atoms with Crippen molar-refractivity contribution in [1.82, 2.24) is 0 Å². The third-order valence-corrected chi connectivity index (χ3v) is 7.87. The molecule has 1 unspecified atom stereocenters.